The van der Waals surface area contributed by atoms with Crippen molar-refractivity contribution >= 4 is 34.3 Å². The smallest absolute Gasteiger partial charge is 0.410 e. The first-order chi connectivity index (χ1) is 19.7. The maximum atomic E-state index is 15.4. The van der Waals surface area contributed by atoms with Gasteiger partial charge in [0.15, 0.2) is 0 Å². The molecule has 0 saturated heterocycles. The summed E-state index contributed by atoms with van der Waals surface area (Å²) in [6.07, 6.45) is 4.72. The number of hydrogen-bond acceptors (Lipinski definition) is 8. The Kier molecular flexibility index (Phi) is 7.28. The average molecular weight is 580 g/mol. The van der Waals surface area contributed by atoms with Gasteiger partial charge in [-0.2, -0.15) is 0 Å². The van der Waals surface area contributed by atoms with Crippen molar-refractivity contribution in [2.24, 2.45) is 0 Å². The van der Waals surface area contributed by atoms with E-state index in [0.717, 1.165) is 12.0 Å². The van der Waals surface area contributed by atoms with Crippen molar-refractivity contribution in [3.8, 4) is 17.0 Å². The molecule has 0 bridgehead atoms. The summed E-state index contributed by atoms with van der Waals surface area (Å²) in [6, 6.07) is 3.90. The van der Waals surface area contributed by atoms with Crippen molar-refractivity contribution in [2.75, 3.05) is 25.1 Å². The quantitative estimate of drug-likeness (QED) is 0.255. The van der Waals surface area contributed by atoms with Crippen LogP contribution in [0.1, 0.15) is 59.4 Å². The summed E-state index contributed by atoms with van der Waals surface area (Å²) in [4.78, 5) is 48.7. The highest BCUT2D eigenvalue weighted by Gasteiger charge is 2.54. The molecule has 11 nitrogen and oxygen atoms in total. The molecule has 1 saturated carbocycles. The number of carbonyl (C=O) groups excluding carboxylic acids is 2. The number of nitro groups is 1. The van der Waals surface area contributed by atoms with Gasteiger partial charge in [-0.05, 0) is 53.5 Å². The van der Waals surface area contributed by atoms with Crippen LogP contribution in [0.4, 0.5) is 20.6 Å². The maximum absolute atomic E-state index is 15.4. The summed E-state index contributed by atoms with van der Waals surface area (Å²) >= 11 is 0. The van der Waals surface area contributed by atoms with Gasteiger partial charge in [-0.3, -0.25) is 19.9 Å². The van der Waals surface area contributed by atoms with E-state index in [1.165, 1.54) is 23.2 Å². The molecular weight excluding hydrogens is 545 g/mol. The second-order valence-corrected chi connectivity index (χ2v) is 12.1. The Balaban J connectivity index is 1.45. The summed E-state index contributed by atoms with van der Waals surface area (Å²) in [5.41, 5.74) is 0.448. The molecule has 0 atom stereocenters. The molecule has 2 aliphatic rings. The summed E-state index contributed by atoms with van der Waals surface area (Å²) in [5.74, 6) is -0.864. The van der Waals surface area contributed by atoms with Gasteiger partial charge in [0, 0.05) is 53.5 Å². The lowest BCUT2D eigenvalue weighted by Gasteiger charge is -2.37. The second kappa shape index (κ2) is 10.5. The van der Waals surface area contributed by atoms with Crippen molar-refractivity contribution in [1.29, 1.82) is 0 Å². The van der Waals surface area contributed by atoms with E-state index in [2.05, 4.69) is 9.97 Å². The summed E-state index contributed by atoms with van der Waals surface area (Å²) in [7, 11) is 1.71. The number of ether oxygens (including phenoxy) is 2. The van der Waals surface area contributed by atoms with Crippen LogP contribution in [0.3, 0.4) is 0 Å². The lowest BCUT2D eigenvalue weighted by molar-refractivity contribution is -0.386. The highest BCUT2D eigenvalue weighted by Crippen LogP contribution is 2.55. The number of amides is 2. The van der Waals surface area contributed by atoms with E-state index in [4.69, 9.17) is 9.47 Å². The monoisotopic (exact) mass is 579 g/mol. The molecule has 42 heavy (non-hydrogen) atoms. The molecule has 1 fully saturated rings. The van der Waals surface area contributed by atoms with Gasteiger partial charge >= 0.3 is 11.8 Å². The molecule has 2 aromatic heterocycles. The van der Waals surface area contributed by atoms with E-state index in [1.54, 1.807) is 45.0 Å². The Bertz CT molecular complexity index is 1600. The zero-order valence-electron chi connectivity index (χ0n) is 24.6. The van der Waals surface area contributed by atoms with Gasteiger partial charge < -0.3 is 19.3 Å². The van der Waals surface area contributed by atoms with Gasteiger partial charge in [0.2, 0.25) is 5.91 Å². The van der Waals surface area contributed by atoms with E-state index < -0.39 is 33.5 Å². The third kappa shape index (κ3) is 4.99. The first-order valence-corrected chi connectivity index (χ1v) is 13.9. The van der Waals surface area contributed by atoms with Crippen molar-refractivity contribution in [3.63, 3.8) is 0 Å². The van der Waals surface area contributed by atoms with Gasteiger partial charge in [0.25, 0.3) is 5.88 Å². The van der Waals surface area contributed by atoms with E-state index in [1.807, 2.05) is 13.8 Å². The number of anilines is 1. The highest BCUT2D eigenvalue weighted by atomic mass is 19.1. The van der Waals surface area contributed by atoms with E-state index >= 15 is 4.39 Å². The van der Waals surface area contributed by atoms with Crippen molar-refractivity contribution in [2.45, 2.75) is 70.9 Å². The Morgan fingerprint density at radius 2 is 1.93 bits per heavy atom. The number of nitrogens with zero attached hydrogens (tertiary/aromatic N) is 5. The zero-order valence-corrected chi connectivity index (χ0v) is 24.6. The Morgan fingerprint density at radius 1 is 1.21 bits per heavy atom. The fraction of sp³-hybridized carbons (Fsp3) is 0.467. The second-order valence-electron chi connectivity index (χ2n) is 12.1. The number of fused-ring (bicyclic) bond motifs is 4. The molecule has 3 aromatic rings. The van der Waals surface area contributed by atoms with Crippen molar-refractivity contribution < 1.29 is 28.4 Å². The summed E-state index contributed by atoms with van der Waals surface area (Å²) < 4.78 is 26.5. The van der Waals surface area contributed by atoms with Gasteiger partial charge in [-0.15, -0.1) is 0 Å². The van der Waals surface area contributed by atoms with Crippen LogP contribution in [0.2, 0.25) is 0 Å². The number of hydrogen-bond donors (Lipinski definition) is 0. The fourth-order valence-electron chi connectivity index (χ4n) is 5.66. The largest absolute Gasteiger partial charge is 0.471 e. The van der Waals surface area contributed by atoms with Crippen LogP contribution in [0, 0.1) is 15.9 Å². The third-order valence-electron chi connectivity index (χ3n) is 7.86. The van der Waals surface area contributed by atoms with E-state index in [9.17, 15) is 19.7 Å². The molecule has 222 valence electrons. The molecule has 1 aliphatic heterocycles. The van der Waals surface area contributed by atoms with Crippen LogP contribution in [-0.4, -0.2) is 63.6 Å². The Labute approximate surface area is 242 Å². The van der Waals surface area contributed by atoms with Crippen LogP contribution in [0.5, 0.6) is 5.88 Å². The lowest BCUT2D eigenvalue weighted by atomic mass is 9.64. The predicted octanol–water partition coefficient (Wildman–Crippen LogP) is 5.77. The Morgan fingerprint density at radius 3 is 2.52 bits per heavy atom. The van der Waals surface area contributed by atoms with Crippen molar-refractivity contribution in [1.82, 2.24) is 14.9 Å². The van der Waals surface area contributed by atoms with E-state index in [0.29, 0.717) is 29.4 Å². The number of pyridine rings is 2. The molecular formula is C30H34FN5O6. The minimum absolute atomic E-state index is 0.00503. The van der Waals surface area contributed by atoms with Gasteiger partial charge in [-0.1, -0.05) is 6.42 Å². The topological polar surface area (TPSA) is 128 Å². The van der Waals surface area contributed by atoms with Crippen LogP contribution < -0.4 is 9.64 Å². The predicted molar refractivity (Wildman–Crippen MR) is 154 cm³/mol. The number of rotatable bonds is 7. The Hall–Kier alpha value is -4.35. The molecule has 1 spiro atoms. The number of likely N-dealkylation sites (N-methyl/N-ethyl adjacent to an activating group) is 1. The maximum Gasteiger partial charge on any atom is 0.410 e. The first-order valence-electron chi connectivity index (χ1n) is 13.9. The minimum Gasteiger partial charge on any atom is -0.471 e. The van der Waals surface area contributed by atoms with Gasteiger partial charge in [-0.25, -0.2) is 14.2 Å². The number of benzene rings is 1. The van der Waals surface area contributed by atoms with E-state index in [-0.39, 0.29) is 42.1 Å². The first kappa shape index (κ1) is 29.2. The number of halogens is 1. The molecule has 2 amide bonds. The number of carbonyl (C=O) groups is 2. The normalized spacial score (nSPS) is 15.6. The van der Waals surface area contributed by atoms with Gasteiger partial charge in [0.1, 0.15) is 18.0 Å². The van der Waals surface area contributed by atoms with Crippen LogP contribution in [0.25, 0.3) is 22.0 Å². The standard InChI is InChI=1S/C30H34FN5O6/c1-17(2)35(28(38)42-29(3,4)5)10-11-41-26-23(36(39)40)12-18(15-33-26)19-13-20-22(14-21(19)31)32-16-24-25(20)30(8-7-9-30)27(37)34(24)6/h12-17H,7-11H2,1-6H3. The van der Waals surface area contributed by atoms with Gasteiger partial charge in [0.05, 0.1) is 34.3 Å². The zero-order chi connectivity index (χ0) is 30.6. The van der Waals surface area contributed by atoms with Crippen LogP contribution in [-0.2, 0) is 14.9 Å². The molecule has 1 aromatic carbocycles. The SMILES string of the molecule is CC(C)N(CCOc1ncc(-c2cc3c4c(cnc3cc2F)N(C)C(=O)C42CCC2)cc1[N+](=O)[O-])C(=O)OC(C)(C)C. The molecule has 1 aliphatic carbocycles. The summed E-state index contributed by atoms with van der Waals surface area (Å²) in [5, 5.41) is 12.6. The minimum atomic E-state index is -0.681. The highest BCUT2D eigenvalue weighted by molar-refractivity contribution is 6.13. The molecule has 5 rings (SSSR count). The average Bonchev–Trinajstić information content (AvgIpc) is 3.11. The fourth-order valence-corrected chi connectivity index (χ4v) is 5.66. The lowest BCUT2D eigenvalue weighted by Crippen LogP contribution is -2.43. The number of aromatic nitrogens is 2. The molecule has 12 heteroatoms. The summed E-state index contributed by atoms with van der Waals surface area (Å²) in [6.45, 7) is 8.98. The molecule has 0 unspecified atom stereocenters. The molecule has 0 radical (unpaired) electrons. The molecule has 3 heterocycles. The third-order valence-corrected chi connectivity index (χ3v) is 7.86. The van der Waals surface area contributed by atoms with Crippen LogP contribution >= 0.6 is 0 Å². The molecule has 0 N–H and O–H groups in total. The van der Waals surface area contributed by atoms with Crippen molar-refractivity contribution in [3.05, 3.63) is 52.1 Å². The van der Waals surface area contributed by atoms with Crippen LogP contribution in [0.15, 0.2) is 30.6 Å².